The minimum Gasteiger partial charge on any atom is -0.338 e. The Morgan fingerprint density at radius 1 is 0.939 bits per heavy atom. The number of imidazole rings is 1. The lowest BCUT2D eigenvalue weighted by molar-refractivity contribution is -0.378. The highest BCUT2D eigenvalue weighted by molar-refractivity contribution is 6.04. The third kappa shape index (κ3) is 4.77. The second kappa shape index (κ2) is 9.24. The SMILES string of the molecule is O=C(Nc1ccc(-c2nc3ccc(NC(=O)C4CCCCC4)cc3[nH]2)cc1)c1ccc[nH+]c1. The quantitative estimate of drug-likeness (QED) is 0.415. The molecular weight excluding hydrogens is 414 g/mol. The van der Waals surface area contributed by atoms with E-state index in [-0.39, 0.29) is 17.7 Å². The smallest absolute Gasteiger partial charge is 0.261 e. The van der Waals surface area contributed by atoms with Gasteiger partial charge in [0, 0.05) is 28.9 Å². The first-order valence-electron chi connectivity index (χ1n) is 11.3. The van der Waals surface area contributed by atoms with E-state index in [4.69, 9.17) is 0 Å². The van der Waals surface area contributed by atoms with Gasteiger partial charge in [0.2, 0.25) is 5.91 Å². The van der Waals surface area contributed by atoms with Crippen molar-refractivity contribution in [1.29, 1.82) is 0 Å². The Balaban J connectivity index is 1.28. The molecule has 0 spiro atoms. The standard InChI is InChI=1S/C26H25N5O2/c32-25(18-5-2-1-3-6-18)29-21-12-13-22-23(15-21)31-24(30-22)17-8-10-20(11-9-17)28-26(33)19-7-4-14-27-16-19/h4,7-16,18H,1-3,5-6H2,(H,28,33)(H,29,32)(H,30,31)/p+1. The van der Waals surface area contributed by atoms with Gasteiger partial charge in [0.05, 0.1) is 11.0 Å². The summed E-state index contributed by atoms with van der Waals surface area (Å²) in [6, 6.07) is 16.8. The normalized spacial score (nSPS) is 14.2. The average molecular weight is 441 g/mol. The van der Waals surface area contributed by atoms with Crippen molar-refractivity contribution >= 4 is 34.2 Å². The van der Waals surface area contributed by atoms with Crippen LogP contribution < -0.4 is 15.6 Å². The molecular formula is C26H26N5O2+. The molecule has 0 atom stereocenters. The Labute approximate surface area is 191 Å². The van der Waals surface area contributed by atoms with Crippen LogP contribution in [0.15, 0.2) is 67.0 Å². The number of amides is 2. The molecule has 0 unspecified atom stereocenters. The number of nitrogens with one attached hydrogen (secondary N) is 4. The molecule has 0 radical (unpaired) electrons. The summed E-state index contributed by atoms with van der Waals surface area (Å²) in [7, 11) is 0. The van der Waals surface area contributed by atoms with Gasteiger partial charge in [-0.3, -0.25) is 9.59 Å². The minimum absolute atomic E-state index is 0.111. The maximum atomic E-state index is 12.6. The predicted molar refractivity (Wildman–Crippen MR) is 128 cm³/mol. The molecule has 5 rings (SSSR count). The molecule has 2 aromatic carbocycles. The number of aromatic amines is 2. The first-order valence-corrected chi connectivity index (χ1v) is 11.3. The molecule has 4 N–H and O–H groups in total. The van der Waals surface area contributed by atoms with Gasteiger partial charge in [-0.05, 0) is 61.4 Å². The van der Waals surface area contributed by atoms with Gasteiger partial charge in [0.25, 0.3) is 5.91 Å². The lowest BCUT2D eigenvalue weighted by Crippen LogP contribution is -2.24. The number of anilines is 2. The van der Waals surface area contributed by atoms with Crippen molar-refractivity contribution in [2.24, 2.45) is 5.92 Å². The molecule has 0 bridgehead atoms. The van der Waals surface area contributed by atoms with Crippen molar-refractivity contribution in [3.8, 4) is 11.4 Å². The van der Waals surface area contributed by atoms with Gasteiger partial charge in [0.15, 0.2) is 12.4 Å². The minimum atomic E-state index is -0.175. The lowest BCUT2D eigenvalue weighted by Gasteiger charge is -2.20. The van der Waals surface area contributed by atoms with Crippen molar-refractivity contribution in [3.05, 3.63) is 72.6 Å². The number of hydrogen-bond acceptors (Lipinski definition) is 3. The topological polar surface area (TPSA) is 101 Å². The van der Waals surface area contributed by atoms with Crippen LogP contribution in [0.3, 0.4) is 0 Å². The van der Waals surface area contributed by atoms with Crippen molar-refractivity contribution in [2.75, 3.05) is 10.6 Å². The Hall–Kier alpha value is -4.00. The number of pyridine rings is 1. The molecule has 1 aliphatic rings. The molecule has 2 amide bonds. The molecule has 1 aliphatic carbocycles. The summed E-state index contributed by atoms with van der Waals surface area (Å²) < 4.78 is 0. The maximum Gasteiger partial charge on any atom is 0.261 e. The third-order valence-corrected chi connectivity index (χ3v) is 6.11. The zero-order valence-electron chi connectivity index (χ0n) is 18.2. The van der Waals surface area contributed by atoms with E-state index in [9.17, 15) is 9.59 Å². The Morgan fingerprint density at radius 3 is 2.48 bits per heavy atom. The number of hydrogen-bond donors (Lipinski definition) is 3. The number of fused-ring (bicyclic) bond motifs is 1. The van der Waals surface area contributed by atoms with E-state index in [0.29, 0.717) is 11.3 Å². The molecule has 0 aliphatic heterocycles. The highest BCUT2D eigenvalue weighted by Gasteiger charge is 2.21. The van der Waals surface area contributed by atoms with Crippen LogP contribution in [0.5, 0.6) is 0 Å². The highest BCUT2D eigenvalue weighted by atomic mass is 16.2. The third-order valence-electron chi connectivity index (χ3n) is 6.11. The molecule has 4 aromatic rings. The zero-order valence-corrected chi connectivity index (χ0v) is 18.2. The van der Waals surface area contributed by atoms with Crippen LogP contribution in [-0.2, 0) is 4.79 Å². The first kappa shape index (κ1) is 20.9. The monoisotopic (exact) mass is 440 g/mol. The summed E-state index contributed by atoms with van der Waals surface area (Å²) in [6.45, 7) is 0. The zero-order chi connectivity index (χ0) is 22.6. The predicted octanol–water partition coefficient (Wildman–Crippen LogP) is 4.82. The van der Waals surface area contributed by atoms with E-state index in [0.717, 1.165) is 53.8 Å². The van der Waals surface area contributed by atoms with Crippen molar-refractivity contribution in [2.45, 2.75) is 32.1 Å². The summed E-state index contributed by atoms with van der Waals surface area (Å²) in [5.41, 5.74) is 4.65. The Morgan fingerprint density at radius 2 is 1.73 bits per heavy atom. The molecule has 1 fully saturated rings. The van der Waals surface area contributed by atoms with Gasteiger partial charge in [0.1, 0.15) is 11.4 Å². The molecule has 1 saturated carbocycles. The van der Waals surface area contributed by atoms with Crippen LogP contribution in [0, 0.1) is 5.92 Å². The second-order valence-electron chi connectivity index (χ2n) is 8.47. The van der Waals surface area contributed by atoms with Gasteiger partial charge in [-0.25, -0.2) is 9.97 Å². The summed E-state index contributed by atoms with van der Waals surface area (Å²) in [4.78, 5) is 35.8. The van der Waals surface area contributed by atoms with Crippen LogP contribution in [-0.4, -0.2) is 21.8 Å². The molecule has 166 valence electrons. The van der Waals surface area contributed by atoms with E-state index < -0.39 is 0 Å². The number of carbonyl (C=O) groups excluding carboxylic acids is 2. The van der Waals surface area contributed by atoms with Crippen LogP contribution >= 0.6 is 0 Å². The molecule has 33 heavy (non-hydrogen) atoms. The molecule has 7 heteroatoms. The van der Waals surface area contributed by atoms with E-state index in [1.54, 1.807) is 24.5 Å². The Kier molecular flexibility index (Phi) is 5.85. The van der Waals surface area contributed by atoms with E-state index in [2.05, 4.69) is 25.6 Å². The van der Waals surface area contributed by atoms with Crippen LogP contribution in [0.2, 0.25) is 0 Å². The fraction of sp³-hybridized carbons (Fsp3) is 0.231. The average Bonchev–Trinajstić information content (AvgIpc) is 3.29. The van der Waals surface area contributed by atoms with Crippen molar-refractivity contribution in [1.82, 2.24) is 9.97 Å². The van der Waals surface area contributed by atoms with Crippen molar-refractivity contribution < 1.29 is 14.6 Å². The fourth-order valence-electron chi connectivity index (χ4n) is 4.28. The van der Waals surface area contributed by atoms with Gasteiger partial charge in [-0.1, -0.05) is 19.3 Å². The van der Waals surface area contributed by atoms with Gasteiger partial charge < -0.3 is 15.6 Å². The molecule has 2 heterocycles. The number of carbonyl (C=O) groups is 2. The van der Waals surface area contributed by atoms with Crippen LogP contribution in [0.4, 0.5) is 11.4 Å². The summed E-state index contributed by atoms with van der Waals surface area (Å²) in [5.74, 6) is 0.785. The van der Waals surface area contributed by atoms with E-state index in [1.807, 2.05) is 42.5 Å². The number of rotatable bonds is 5. The van der Waals surface area contributed by atoms with Crippen molar-refractivity contribution in [3.63, 3.8) is 0 Å². The fourth-order valence-corrected chi connectivity index (χ4v) is 4.28. The molecule has 7 nitrogen and oxygen atoms in total. The number of benzene rings is 2. The summed E-state index contributed by atoms with van der Waals surface area (Å²) in [5, 5.41) is 5.95. The van der Waals surface area contributed by atoms with Crippen LogP contribution in [0.25, 0.3) is 22.4 Å². The number of H-pyrrole nitrogens is 2. The maximum absolute atomic E-state index is 12.6. The first-order chi connectivity index (χ1) is 16.2. The second-order valence-corrected chi connectivity index (χ2v) is 8.47. The molecule has 2 aromatic heterocycles. The molecule has 0 saturated heterocycles. The van der Waals surface area contributed by atoms with E-state index in [1.165, 1.54) is 6.42 Å². The van der Waals surface area contributed by atoms with Gasteiger partial charge in [-0.15, -0.1) is 0 Å². The number of aromatic nitrogens is 3. The van der Waals surface area contributed by atoms with E-state index >= 15 is 0 Å². The van der Waals surface area contributed by atoms with Gasteiger partial charge in [-0.2, -0.15) is 0 Å². The van der Waals surface area contributed by atoms with Crippen LogP contribution in [0.1, 0.15) is 42.5 Å². The summed E-state index contributed by atoms with van der Waals surface area (Å²) >= 11 is 0. The largest absolute Gasteiger partial charge is 0.338 e. The Bertz CT molecular complexity index is 1280. The van der Waals surface area contributed by atoms with Gasteiger partial charge >= 0.3 is 0 Å². The lowest BCUT2D eigenvalue weighted by atomic mass is 9.88. The number of nitrogens with zero attached hydrogens (tertiary/aromatic N) is 1. The summed E-state index contributed by atoms with van der Waals surface area (Å²) in [6.07, 6.45) is 8.86. The highest BCUT2D eigenvalue weighted by Crippen LogP contribution is 2.27.